The number of fused-ring (bicyclic) bond motifs is 1. The minimum Gasteiger partial charge on any atom is -0.296 e. The van der Waals surface area contributed by atoms with Crippen molar-refractivity contribution in [2.75, 3.05) is 5.32 Å². The first kappa shape index (κ1) is 22.8. The Morgan fingerprint density at radius 3 is 2.57 bits per heavy atom. The second kappa shape index (κ2) is 10.1. The molecule has 0 spiro atoms. The molecule has 1 amide bonds. The van der Waals surface area contributed by atoms with Gasteiger partial charge in [-0.25, -0.2) is 9.67 Å². The number of anilines is 1. The molecular formula is C26H25N7OS. The summed E-state index contributed by atoms with van der Waals surface area (Å²) in [5, 5.41) is 18.1. The molecule has 4 aromatic heterocycles. The van der Waals surface area contributed by atoms with Gasteiger partial charge in [0.05, 0.1) is 29.4 Å². The molecule has 0 aliphatic carbocycles. The number of carbonyl (C=O) groups excluding carboxylic acids is 1. The topological polar surface area (TPSA) is 98.5 Å². The van der Waals surface area contributed by atoms with Crippen molar-refractivity contribution >= 4 is 33.4 Å². The van der Waals surface area contributed by atoms with Crippen molar-refractivity contribution < 1.29 is 4.79 Å². The predicted molar refractivity (Wildman–Crippen MR) is 137 cm³/mol. The van der Waals surface area contributed by atoms with Crippen LogP contribution in [0.1, 0.15) is 53.5 Å². The number of pyridine rings is 2. The molecule has 1 aromatic carbocycles. The quantitative estimate of drug-likeness (QED) is 0.311. The van der Waals surface area contributed by atoms with Crippen LogP contribution in [-0.2, 0) is 6.54 Å². The van der Waals surface area contributed by atoms with Gasteiger partial charge in [-0.15, -0.1) is 10.2 Å². The third-order valence-electron chi connectivity index (χ3n) is 6.00. The van der Waals surface area contributed by atoms with Gasteiger partial charge in [0.1, 0.15) is 5.01 Å². The molecule has 9 heteroatoms. The maximum absolute atomic E-state index is 13.5. The lowest BCUT2D eigenvalue weighted by molar-refractivity contribution is 0.102. The van der Waals surface area contributed by atoms with Crippen molar-refractivity contribution in [3.8, 4) is 11.3 Å². The molecule has 0 bridgehead atoms. The predicted octanol–water partition coefficient (Wildman–Crippen LogP) is 5.55. The normalized spacial score (nSPS) is 11.3. The summed E-state index contributed by atoms with van der Waals surface area (Å²) < 4.78 is 1.81. The Labute approximate surface area is 207 Å². The van der Waals surface area contributed by atoms with Gasteiger partial charge in [0.2, 0.25) is 5.13 Å². The summed E-state index contributed by atoms with van der Waals surface area (Å²) in [4.78, 5) is 22.4. The highest BCUT2D eigenvalue weighted by atomic mass is 32.1. The van der Waals surface area contributed by atoms with Gasteiger partial charge in [-0.05, 0) is 36.6 Å². The lowest BCUT2D eigenvalue weighted by Crippen LogP contribution is -2.13. The van der Waals surface area contributed by atoms with Crippen LogP contribution in [0.4, 0.5) is 5.13 Å². The minimum atomic E-state index is -0.259. The van der Waals surface area contributed by atoms with Crippen LogP contribution in [0.15, 0.2) is 67.1 Å². The average molecular weight is 484 g/mol. The van der Waals surface area contributed by atoms with E-state index in [1.807, 2.05) is 53.2 Å². The van der Waals surface area contributed by atoms with Crippen molar-refractivity contribution in [2.24, 2.45) is 0 Å². The molecule has 1 N–H and O–H groups in total. The molecule has 0 radical (unpaired) electrons. The number of hydrogen-bond acceptors (Lipinski definition) is 7. The summed E-state index contributed by atoms with van der Waals surface area (Å²) in [7, 11) is 0. The molecule has 0 saturated carbocycles. The molecule has 0 unspecified atom stereocenters. The van der Waals surface area contributed by atoms with E-state index in [1.54, 1.807) is 18.6 Å². The smallest absolute Gasteiger partial charge is 0.258 e. The van der Waals surface area contributed by atoms with Gasteiger partial charge >= 0.3 is 0 Å². The lowest BCUT2D eigenvalue weighted by Gasteiger charge is -2.09. The van der Waals surface area contributed by atoms with Crippen LogP contribution in [0.5, 0.6) is 0 Å². The molecule has 0 atom stereocenters. The van der Waals surface area contributed by atoms with E-state index in [-0.39, 0.29) is 5.91 Å². The summed E-state index contributed by atoms with van der Waals surface area (Å²) in [5.41, 5.74) is 3.81. The Hall–Kier alpha value is -3.98. The Morgan fingerprint density at radius 2 is 1.83 bits per heavy atom. The Morgan fingerprint density at radius 1 is 1.06 bits per heavy atom. The zero-order chi connectivity index (χ0) is 24.2. The SMILES string of the molecule is CCC(CC)c1nnc(NC(=O)c2cc(-c3ccccc3)nc3c2cnn3Cc2ccncc2)s1. The molecule has 5 aromatic rings. The van der Waals surface area contributed by atoms with Crippen LogP contribution < -0.4 is 5.32 Å². The number of hydrogen-bond donors (Lipinski definition) is 1. The first-order valence-electron chi connectivity index (χ1n) is 11.6. The number of amides is 1. The molecule has 0 aliphatic heterocycles. The highest BCUT2D eigenvalue weighted by Crippen LogP contribution is 2.30. The molecular weight excluding hydrogens is 458 g/mol. The fourth-order valence-corrected chi connectivity index (χ4v) is 5.03. The van der Waals surface area contributed by atoms with Gasteiger partial charge in [-0.2, -0.15) is 5.10 Å². The third-order valence-corrected chi connectivity index (χ3v) is 7.00. The van der Waals surface area contributed by atoms with E-state index in [0.29, 0.717) is 39.9 Å². The number of nitrogens with one attached hydrogen (secondary N) is 1. The summed E-state index contributed by atoms with van der Waals surface area (Å²) in [6.07, 6.45) is 7.17. The van der Waals surface area contributed by atoms with Crippen LogP contribution in [-0.4, -0.2) is 35.9 Å². The standard InChI is InChI=1S/C26H25N7OS/c1-3-18(4-2)25-31-32-26(35-25)30-24(34)20-14-22(19-8-6-5-7-9-19)29-23-21(20)15-28-33(23)16-17-10-12-27-13-11-17/h5-15,18H,3-4,16H2,1-2H3,(H,30,32,34). The van der Waals surface area contributed by atoms with Gasteiger partial charge in [-0.1, -0.05) is 55.5 Å². The lowest BCUT2D eigenvalue weighted by atomic mass is 10.1. The van der Waals surface area contributed by atoms with Crippen LogP contribution in [0.25, 0.3) is 22.3 Å². The molecule has 35 heavy (non-hydrogen) atoms. The van der Waals surface area contributed by atoms with E-state index in [0.717, 1.165) is 29.0 Å². The highest BCUT2D eigenvalue weighted by molar-refractivity contribution is 7.15. The van der Waals surface area contributed by atoms with Gasteiger partial charge < -0.3 is 0 Å². The number of benzene rings is 1. The van der Waals surface area contributed by atoms with Crippen LogP contribution in [0, 0.1) is 0 Å². The second-order valence-electron chi connectivity index (χ2n) is 8.23. The Kier molecular flexibility index (Phi) is 6.58. The van der Waals surface area contributed by atoms with Gasteiger partial charge in [0.25, 0.3) is 5.91 Å². The largest absolute Gasteiger partial charge is 0.296 e. The van der Waals surface area contributed by atoms with E-state index in [2.05, 4.69) is 39.4 Å². The molecule has 176 valence electrons. The number of carbonyl (C=O) groups is 1. The molecule has 5 rings (SSSR count). The monoisotopic (exact) mass is 483 g/mol. The van der Waals surface area contributed by atoms with E-state index < -0.39 is 0 Å². The van der Waals surface area contributed by atoms with Crippen LogP contribution >= 0.6 is 11.3 Å². The summed E-state index contributed by atoms with van der Waals surface area (Å²) >= 11 is 1.43. The van der Waals surface area contributed by atoms with Crippen molar-refractivity contribution in [3.05, 3.63) is 83.3 Å². The second-order valence-corrected chi connectivity index (χ2v) is 9.24. The van der Waals surface area contributed by atoms with Crippen molar-refractivity contribution in [1.82, 2.24) is 29.9 Å². The molecule has 4 heterocycles. The van der Waals surface area contributed by atoms with E-state index in [1.165, 1.54) is 11.3 Å². The number of rotatable bonds is 8. The van der Waals surface area contributed by atoms with Crippen molar-refractivity contribution in [1.29, 1.82) is 0 Å². The highest BCUT2D eigenvalue weighted by Gasteiger charge is 2.20. The maximum atomic E-state index is 13.5. The number of nitrogens with zero attached hydrogens (tertiary/aromatic N) is 6. The minimum absolute atomic E-state index is 0.259. The molecule has 0 aliphatic rings. The zero-order valence-corrected chi connectivity index (χ0v) is 20.4. The van der Waals surface area contributed by atoms with Gasteiger partial charge in [0.15, 0.2) is 5.65 Å². The Bertz CT molecular complexity index is 1440. The molecule has 0 saturated heterocycles. The number of aromatic nitrogens is 6. The first-order chi connectivity index (χ1) is 17.2. The summed E-state index contributed by atoms with van der Waals surface area (Å²) in [6, 6.07) is 15.5. The van der Waals surface area contributed by atoms with Crippen LogP contribution in [0.3, 0.4) is 0 Å². The van der Waals surface area contributed by atoms with Crippen molar-refractivity contribution in [3.63, 3.8) is 0 Å². The average Bonchev–Trinajstić information content (AvgIpc) is 3.52. The van der Waals surface area contributed by atoms with E-state index >= 15 is 0 Å². The fourth-order valence-electron chi connectivity index (χ4n) is 4.02. The summed E-state index contributed by atoms with van der Waals surface area (Å²) in [6.45, 7) is 4.79. The molecule has 8 nitrogen and oxygen atoms in total. The molecule has 0 fully saturated rings. The van der Waals surface area contributed by atoms with Gasteiger partial charge in [0, 0.05) is 23.9 Å². The third kappa shape index (κ3) is 4.81. The Balaban J connectivity index is 1.54. The zero-order valence-electron chi connectivity index (χ0n) is 19.5. The van der Waals surface area contributed by atoms with Crippen molar-refractivity contribution in [2.45, 2.75) is 39.2 Å². The fraction of sp³-hybridized carbons (Fsp3) is 0.231. The maximum Gasteiger partial charge on any atom is 0.258 e. The summed E-state index contributed by atoms with van der Waals surface area (Å²) in [5.74, 6) is 0.0900. The van der Waals surface area contributed by atoms with Gasteiger partial charge in [-0.3, -0.25) is 15.1 Å². The van der Waals surface area contributed by atoms with E-state index in [9.17, 15) is 4.79 Å². The first-order valence-corrected chi connectivity index (χ1v) is 12.4. The van der Waals surface area contributed by atoms with Crippen LogP contribution in [0.2, 0.25) is 0 Å². The van der Waals surface area contributed by atoms with E-state index in [4.69, 9.17) is 4.98 Å².